The first-order chi connectivity index (χ1) is 8.68. The summed E-state index contributed by atoms with van der Waals surface area (Å²) < 4.78 is 0. The summed E-state index contributed by atoms with van der Waals surface area (Å²) in [6.07, 6.45) is 0. The van der Waals surface area contributed by atoms with Crippen LogP contribution in [-0.2, 0) is 13.1 Å². The van der Waals surface area contributed by atoms with Crippen molar-refractivity contribution in [2.75, 3.05) is 0 Å². The fourth-order valence-corrected chi connectivity index (χ4v) is 1.71. The number of hydrogen-bond donors (Lipinski definition) is 4. The lowest BCUT2D eigenvalue weighted by molar-refractivity contribution is 0.397. The highest BCUT2D eigenvalue weighted by Crippen LogP contribution is 2.28. The van der Waals surface area contributed by atoms with E-state index in [1.54, 1.807) is 24.3 Å². The van der Waals surface area contributed by atoms with Crippen molar-refractivity contribution >= 4 is 0 Å². The SMILES string of the molecule is Oc1ccccc1CNCc1cccc(O)c1O. The molecular formula is C14H15NO3. The van der Waals surface area contributed by atoms with Crippen molar-refractivity contribution in [3.05, 3.63) is 53.6 Å². The smallest absolute Gasteiger partial charge is 0.161 e. The number of aromatic hydroxyl groups is 3. The summed E-state index contributed by atoms with van der Waals surface area (Å²) >= 11 is 0. The molecule has 0 fully saturated rings. The molecule has 0 saturated heterocycles. The minimum atomic E-state index is -0.128. The second kappa shape index (κ2) is 5.42. The standard InChI is InChI=1S/C14H15NO3/c16-12-6-2-1-4-10(12)8-15-9-11-5-3-7-13(17)14(11)18/h1-7,15-18H,8-9H2. The Kier molecular flexibility index (Phi) is 3.69. The van der Waals surface area contributed by atoms with E-state index in [0.717, 1.165) is 5.56 Å². The fraction of sp³-hybridized carbons (Fsp3) is 0.143. The number of nitrogens with one attached hydrogen (secondary N) is 1. The molecule has 2 aromatic carbocycles. The first-order valence-electron chi connectivity index (χ1n) is 5.66. The van der Waals surface area contributed by atoms with Crippen LogP contribution in [0.5, 0.6) is 17.2 Å². The molecule has 94 valence electrons. The van der Waals surface area contributed by atoms with Crippen molar-refractivity contribution in [3.8, 4) is 17.2 Å². The van der Waals surface area contributed by atoms with Gasteiger partial charge in [-0.05, 0) is 12.1 Å². The van der Waals surface area contributed by atoms with Crippen LogP contribution in [0.1, 0.15) is 11.1 Å². The maximum absolute atomic E-state index is 9.61. The maximum atomic E-state index is 9.61. The van der Waals surface area contributed by atoms with E-state index < -0.39 is 0 Å². The van der Waals surface area contributed by atoms with Crippen LogP contribution in [-0.4, -0.2) is 15.3 Å². The lowest BCUT2D eigenvalue weighted by Crippen LogP contribution is -2.12. The Morgan fingerprint density at radius 2 is 1.33 bits per heavy atom. The summed E-state index contributed by atoms with van der Waals surface area (Å²) in [4.78, 5) is 0. The van der Waals surface area contributed by atoms with Crippen LogP contribution < -0.4 is 5.32 Å². The molecule has 0 aliphatic heterocycles. The molecule has 0 spiro atoms. The van der Waals surface area contributed by atoms with E-state index in [9.17, 15) is 15.3 Å². The third kappa shape index (κ3) is 2.73. The van der Waals surface area contributed by atoms with Gasteiger partial charge in [-0.25, -0.2) is 0 Å². The lowest BCUT2D eigenvalue weighted by Gasteiger charge is -2.08. The van der Waals surface area contributed by atoms with Crippen molar-refractivity contribution in [1.29, 1.82) is 0 Å². The third-order valence-electron chi connectivity index (χ3n) is 2.72. The van der Waals surface area contributed by atoms with E-state index in [1.807, 2.05) is 12.1 Å². The largest absolute Gasteiger partial charge is 0.508 e. The van der Waals surface area contributed by atoms with Gasteiger partial charge < -0.3 is 20.6 Å². The van der Waals surface area contributed by atoms with Crippen LogP contribution in [0.25, 0.3) is 0 Å². The van der Waals surface area contributed by atoms with E-state index in [4.69, 9.17) is 0 Å². The molecule has 0 aliphatic carbocycles. The number of rotatable bonds is 4. The lowest BCUT2D eigenvalue weighted by atomic mass is 10.1. The highest BCUT2D eigenvalue weighted by molar-refractivity contribution is 5.44. The molecule has 4 heteroatoms. The van der Waals surface area contributed by atoms with Crippen molar-refractivity contribution in [2.45, 2.75) is 13.1 Å². The zero-order valence-electron chi connectivity index (χ0n) is 9.80. The molecule has 0 amide bonds. The Morgan fingerprint density at radius 3 is 2.11 bits per heavy atom. The molecule has 0 heterocycles. The van der Waals surface area contributed by atoms with Gasteiger partial charge in [0.2, 0.25) is 0 Å². The van der Waals surface area contributed by atoms with E-state index in [1.165, 1.54) is 6.07 Å². The first-order valence-corrected chi connectivity index (χ1v) is 5.66. The normalized spacial score (nSPS) is 10.4. The van der Waals surface area contributed by atoms with Gasteiger partial charge in [0, 0.05) is 24.2 Å². The molecule has 0 bridgehead atoms. The molecule has 2 aromatic rings. The van der Waals surface area contributed by atoms with E-state index >= 15 is 0 Å². The van der Waals surface area contributed by atoms with Gasteiger partial charge in [-0.3, -0.25) is 0 Å². The monoisotopic (exact) mass is 245 g/mol. The number of para-hydroxylation sites is 2. The molecule has 0 atom stereocenters. The highest BCUT2D eigenvalue weighted by atomic mass is 16.3. The van der Waals surface area contributed by atoms with E-state index in [-0.39, 0.29) is 17.2 Å². The van der Waals surface area contributed by atoms with Gasteiger partial charge in [0.15, 0.2) is 11.5 Å². The first kappa shape index (κ1) is 12.3. The Bertz CT molecular complexity index is 540. The Hall–Kier alpha value is -2.20. The fourth-order valence-electron chi connectivity index (χ4n) is 1.71. The second-order valence-corrected chi connectivity index (χ2v) is 4.02. The molecule has 0 aromatic heterocycles. The minimum absolute atomic E-state index is 0.109. The number of phenols is 3. The van der Waals surface area contributed by atoms with Crippen LogP contribution in [0.3, 0.4) is 0 Å². The summed E-state index contributed by atoms with van der Waals surface area (Å²) in [5.74, 6) is 0.00396. The Labute approximate surface area is 105 Å². The Balaban J connectivity index is 1.97. The van der Waals surface area contributed by atoms with Crippen LogP contribution in [0.2, 0.25) is 0 Å². The maximum Gasteiger partial charge on any atom is 0.161 e. The van der Waals surface area contributed by atoms with Crippen molar-refractivity contribution in [3.63, 3.8) is 0 Å². The quantitative estimate of drug-likeness (QED) is 0.622. The Morgan fingerprint density at radius 1 is 0.722 bits per heavy atom. The summed E-state index contributed by atoms with van der Waals surface area (Å²) in [6.45, 7) is 0.899. The van der Waals surface area contributed by atoms with Crippen LogP contribution in [0, 0.1) is 0 Å². The zero-order valence-corrected chi connectivity index (χ0v) is 9.80. The average Bonchev–Trinajstić information content (AvgIpc) is 2.37. The summed E-state index contributed by atoms with van der Waals surface area (Å²) in [7, 11) is 0. The molecule has 0 unspecified atom stereocenters. The number of hydrogen-bond acceptors (Lipinski definition) is 4. The van der Waals surface area contributed by atoms with Gasteiger partial charge in [-0.1, -0.05) is 30.3 Å². The molecule has 0 aliphatic rings. The molecule has 4 nitrogen and oxygen atoms in total. The summed E-state index contributed by atoms with van der Waals surface area (Å²) in [5, 5.41) is 31.6. The van der Waals surface area contributed by atoms with E-state index in [0.29, 0.717) is 18.7 Å². The van der Waals surface area contributed by atoms with Crippen LogP contribution in [0.15, 0.2) is 42.5 Å². The predicted molar refractivity (Wildman–Crippen MR) is 68.4 cm³/mol. The van der Waals surface area contributed by atoms with Crippen molar-refractivity contribution in [1.82, 2.24) is 5.32 Å². The van der Waals surface area contributed by atoms with Gasteiger partial charge in [0.25, 0.3) is 0 Å². The predicted octanol–water partition coefficient (Wildman–Crippen LogP) is 2.09. The van der Waals surface area contributed by atoms with Gasteiger partial charge in [0.1, 0.15) is 5.75 Å². The van der Waals surface area contributed by atoms with Gasteiger partial charge >= 0.3 is 0 Å². The summed E-state index contributed by atoms with van der Waals surface area (Å²) in [6, 6.07) is 11.9. The molecular weight excluding hydrogens is 230 g/mol. The van der Waals surface area contributed by atoms with Crippen molar-refractivity contribution in [2.24, 2.45) is 0 Å². The molecule has 2 rings (SSSR count). The molecule has 0 saturated carbocycles. The topological polar surface area (TPSA) is 72.7 Å². The number of benzene rings is 2. The van der Waals surface area contributed by atoms with Crippen molar-refractivity contribution < 1.29 is 15.3 Å². The third-order valence-corrected chi connectivity index (χ3v) is 2.72. The molecule has 18 heavy (non-hydrogen) atoms. The van der Waals surface area contributed by atoms with Gasteiger partial charge in [-0.2, -0.15) is 0 Å². The molecule has 0 radical (unpaired) electrons. The summed E-state index contributed by atoms with van der Waals surface area (Å²) in [5.41, 5.74) is 1.41. The minimum Gasteiger partial charge on any atom is -0.508 e. The number of phenolic OH excluding ortho intramolecular Hbond substituents is 3. The average molecular weight is 245 g/mol. The van der Waals surface area contributed by atoms with E-state index in [2.05, 4.69) is 5.32 Å². The zero-order chi connectivity index (χ0) is 13.0. The van der Waals surface area contributed by atoms with Crippen LogP contribution >= 0.6 is 0 Å². The highest BCUT2D eigenvalue weighted by Gasteiger charge is 2.05. The second-order valence-electron chi connectivity index (χ2n) is 4.02. The van der Waals surface area contributed by atoms with Gasteiger partial charge in [0.05, 0.1) is 0 Å². The van der Waals surface area contributed by atoms with Crippen LogP contribution in [0.4, 0.5) is 0 Å². The molecule has 4 N–H and O–H groups in total. The van der Waals surface area contributed by atoms with Gasteiger partial charge in [-0.15, -0.1) is 0 Å².